The summed E-state index contributed by atoms with van der Waals surface area (Å²) in [6, 6.07) is 22.8. The Kier molecular flexibility index (Phi) is 3.98. The Morgan fingerprint density at radius 2 is 1.59 bits per heavy atom. The van der Waals surface area contributed by atoms with Crippen LogP contribution in [0.15, 0.2) is 72.9 Å². The molecular formula is C18H13N3O. The summed E-state index contributed by atoms with van der Waals surface area (Å²) in [6.07, 6.45) is 1.54. The zero-order chi connectivity index (χ0) is 15.2. The zero-order valence-electron chi connectivity index (χ0n) is 11.7. The molecule has 0 radical (unpaired) electrons. The summed E-state index contributed by atoms with van der Waals surface area (Å²) in [5.74, 6) is 2.26. The number of anilines is 2. The predicted molar refractivity (Wildman–Crippen MR) is 85.2 cm³/mol. The highest BCUT2D eigenvalue weighted by Gasteiger charge is 1.99. The number of pyridine rings is 1. The van der Waals surface area contributed by atoms with Gasteiger partial charge in [-0.25, -0.2) is 4.98 Å². The molecule has 3 rings (SSSR count). The van der Waals surface area contributed by atoms with E-state index in [-0.39, 0.29) is 0 Å². The third-order valence-electron chi connectivity index (χ3n) is 3.00. The van der Waals surface area contributed by atoms with Gasteiger partial charge < -0.3 is 10.1 Å². The lowest BCUT2D eigenvalue weighted by molar-refractivity contribution is 0.483. The second kappa shape index (κ2) is 6.42. The Hall–Kier alpha value is -3.32. The van der Waals surface area contributed by atoms with Gasteiger partial charge in [-0.3, -0.25) is 0 Å². The van der Waals surface area contributed by atoms with Crippen molar-refractivity contribution in [1.82, 2.24) is 4.98 Å². The molecule has 0 saturated heterocycles. The number of hydrogen-bond donors (Lipinski definition) is 1. The van der Waals surface area contributed by atoms with E-state index >= 15 is 0 Å². The van der Waals surface area contributed by atoms with Gasteiger partial charge in [0.05, 0.1) is 5.56 Å². The Morgan fingerprint density at radius 3 is 2.23 bits per heavy atom. The van der Waals surface area contributed by atoms with Gasteiger partial charge in [-0.05, 0) is 48.5 Å². The molecule has 3 aromatic rings. The molecule has 0 fully saturated rings. The second-order valence-electron chi connectivity index (χ2n) is 4.61. The zero-order valence-corrected chi connectivity index (χ0v) is 11.7. The van der Waals surface area contributed by atoms with E-state index in [0.717, 1.165) is 17.2 Å². The molecule has 0 aliphatic heterocycles. The largest absolute Gasteiger partial charge is 0.457 e. The lowest BCUT2D eigenvalue weighted by atomic mass is 10.3. The molecule has 1 aromatic heterocycles. The molecule has 4 heteroatoms. The normalized spacial score (nSPS) is 9.77. The van der Waals surface area contributed by atoms with Crippen LogP contribution in [0.1, 0.15) is 5.56 Å². The van der Waals surface area contributed by atoms with Crippen molar-refractivity contribution in [1.29, 1.82) is 5.26 Å². The smallest absolute Gasteiger partial charge is 0.130 e. The molecule has 0 saturated carbocycles. The standard InChI is InChI=1S/C18H13N3O/c19-12-14-6-11-18(20-13-14)21-15-7-9-17(10-8-15)22-16-4-2-1-3-5-16/h1-11,13H,(H,20,21). The maximum Gasteiger partial charge on any atom is 0.130 e. The summed E-state index contributed by atoms with van der Waals surface area (Å²) >= 11 is 0. The van der Waals surface area contributed by atoms with Crippen molar-refractivity contribution in [2.24, 2.45) is 0 Å². The molecule has 4 nitrogen and oxygen atoms in total. The number of aromatic nitrogens is 1. The lowest BCUT2D eigenvalue weighted by Gasteiger charge is -2.08. The molecule has 106 valence electrons. The van der Waals surface area contributed by atoms with Crippen molar-refractivity contribution in [3.8, 4) is 17.6 Å². The third kappa shape index (κ3) is 3.41. The van der Waals surface area contributed by atoms with Gasteiger partial charge in [0.1, 0.15) is 23.4 Å². The molecule has 0 aliphatic carbocycles. The van der Waals surface area contributed by atoms with Crippen molar-refractivity contribution in [3.63, 3.8) is 0 Å². The lowest BCUT2D eigenvalue weighted by Crippen LogP contribution is -1.93. The topological polar surface area (TPSA) is 57.9 Å². The van der Waals surface area contributed by atoms with E-state index in [0.29, 0.717) is 11.4 Å². The van der Waals surface area contributed by atoms with E-state index < -0.39 is 0 Å². The van der Waals surface area contributed by atoms with E-state index in [2.05, 4.69) is 10.3 Å². The van der Waals surface area contributed by atoms with E-state index in [1.54, 1.807) is 12.1 Å². The van der Waals surface area contributed by atoms with Crippen LogP contribution in [0, 0.1) is 11.3 Å². The summed E-state index contributed by atoms with van der Waals surface area (Å²) < 4.78 is 5.73. The molecule has 0 atom stereocenters. The fourth-order valence-electron chi connectivity index (χ4n) is 1.91. The number of nitrogens with one attached hydrogen (secondary N) is 1. The summed E-state index contributed by atoms with van der Waals surface area (Å²) in [6.45, 7) is 0. The average Bonchev–Trinajstić information content (AvgIpc) is 2.58. The minimum atomic E-state index is 0.539. The van der Waals surface area contributed by atoms with Crippen LogP contribution in [0.25, 0.3) is 0 Å². The maximum absolute atomic E-state index is 8.75. The van der Waals surface area contributed by atoms with Crippen LogP contribution in [0.5, 0.6) is 11.5 Å². The minimum absolute atomic E-state index is 0.539. The van der Waals surface area contributed by atoms with Gasteiger partial charge in [0.15, 0.2) is 0 Å². The molecule has 0 amide bonds. The van der Waals surface area contributed by atoms with Crippen LogP contribution in [0.2, 0.25) is 0 Å². The van der Waals surface area contributed by atoms with Gasteiger partial charge in [0.2, 0.25) is 0 Å². The maximum atomic E-state index is 8.75. The number of benzene rings is 2. The summed E-state index contributed by atoms with van der Waals surface area (Å²) in [5, 5.41) is 11.9. The summed E-state index contributed by atoms with van der Waals surface area (Å²) in [5.41, 5.74) is 1.44. The van der Waals surface area contributed by atoms with Crippen LogP contribution in [-0.4, -0.2) is 4.98 Å². The molecule has 0 spiro atoms. The molecular weight excluding hydrogens is 274 g/mol. The average molecular weight is 287 g/mol. The first-order valence-corrected chi connectivity index (χ1v) is 6.80. The Labute approximate surface area is 128 Å². The molecule has 0 unspecified atom stereocenters. The Morgan fingerprint density at radius 1 is 0.864 bits per heavy atom. The van der Waals surface area contributed by atoms with Gasteiger partial charge in [-0.2, -0.15) is 5.26 Å². The second-order valence-corrected chi connectivity index (χ2v) is 4.61. The number of ether oxygens (including phenoxy) is 1. The van der Waals surface area contributed by atoms with Crippen molar-refractivity contribution in [2.75, 3.05) is 5.32 Å². The van der Waals surface area contributed by atoms with Crippen molar-refractivity contribution >= 4 is 11.5 Å². The number of nitrogens with zero attached hydrogens (tertiary/aromatic N) is 2. The van der Waals surface area contributed by atoms with E-state index in [9.17, 15) is 0 Å². The van der Waals surface area contributed by atoms with Gasteiger partial charge in [-0.15, -0.1) is 0 Å². The summed E-state index contributed by atoms with van der Waals surface area (Å²) in [4.78, 5) is 4.17. The van der Waals surface area contributed by atoms with Gasteiger partial charge in [0.25, 0.3) is 0 Å². The van der Waals surface area contributed by atoms with Crippen molar-refractivity contribution in [2.45, 2.75) is 0 Å². The third-order valence-corrected chi connectivity index (χ3v) is 3.00. The van der Waals surface area contributed by atoms with Crippen molar-refractivity contribution in [3.05, 3.63) is 78.5 Å². The number of nitriles is 1. The molecule has 22 heavy (non-hydrogen) atoms. The highest BCUT2D eigenvalue weighted by Crippen LogP contribution is 2.23. The van der Waals surface area contributed by atoms with E-state index in [1.165, 1.54) is 6.20 Å². The molecule has 1 heterocycles. The number of hydrogen-bond acceptors (Lipinski definition) is 4. The van der Waals surface area contributed by atoms with Gasteiger partial charge in [-0.1, -0.05) is 18.2 Å². The molecule has 2 aromatic carbocycles. The number of rotatable bonds is 4. The fourth-order valence-corrected chi connectivity index (χ4v) is 1.91. The quantitative estimate of drug-likeness (QED) is 0.768. The first-order valence-electron chi connectivity index (χ1n) is 6.80. The monoisotopic (exact) mass is 287 g/mol. The molecule has 0 bridgehead atoms. The van der Waals surface area contributed by atoms with Crippen LogP contribution in [-0.2, 0) is 0 Å². The van der Waals surface area contributed by atoms with Gasteiger partial charge in [0, 0.05) is 11.9 Å². The molecule has 1 N–H and O–H groups in total. The first-order chi connectivity index (χ1) is 10.8. The van der Waals surface area contributed by atoms with E-state index in [4.69, 9.17) is 10.00 Å². The SMILES string of the molecule is N#Cc1ccc(Nc2ccc(Oc3ccccc3)cc2)nc1. The van der Waals surface area contributed by atoms with Crippen molar-refractivity contribution < 1.29 is 4.74 Å². The van der Waals surface area contributed by atoms with Crippen LogP contribution in [0.4, 0.5) is 11.5 Å². The predicted octanol–water partition coefficient (Wildman–Crippen LogP) is 4.49. The van der Waals surface area contributed by atoms with E-state index in [1.807, 2.05) is 60.7 Å². The Balaban J connectivity index is 1.67. The van der Waals surface area contributed by atoms with Gasteiger partial charge >= 0.3 is 0 Å². The number of para-hydroxylation sites is 1. The van der Waals surface area contributed by atoms with Crippen LogP contribution < -0.4 is 10.1 Å². The molecule has 0 aliphatic rings. The highest BCUT2D eigenvalue weighted by atomic mass is 16.5. The summed E-state index contributed by atoms with van der Waals surface area (Å²) in [7, 11) is 0. The first kappa shape index (κ1) is 13.7. The minimum Gasteiger partial charge on any atom is -0.457 e. The highest BCUT2D eigenvalue weighted by molar-refractivity contribution is 5.57. The fraction of sp³-hybridized carbons (Fsp3) is 0. The Bertz CT molecular complexity index is 775. The van der Waals surface area contributed by atoms with Crippen LogP contribution >= 0.6 is 0 Å². The van der Waals surface area contributed by atoms with Crippen LogP contribution in [0.3, 0.4) is 0 Å².